The summed E-state index contributed by atoms with van der Waals surface area (Å²) in [5.74, 6) is 0.616. The first-order chi connectivity index (χ1) is 17.0. The van der Waals surface area contributed by atoms with Crippen LogP contribution in [0.2, 0.25) is 0 Å². The van der Waals surface area contributed by atoms with Crippen molar-refractivity contribution in [2.45, 2.75) is 58.4 Å². The minimum atomic E-state index is 0.0204. The number of hydrogen-bond acceptors (Lipinski definition) is 1. The van der Waals surface area contributed by atoms with E-state index in [4.69, 9.17) is 0 Å². The molecule has 0 radical (unpaired) electrons. The summed E-state index contributed by atoms with van der Waals surface area (Å²) in [7, 11) is 0. The van der Waals surface area contributed by atoms with Gasteiger partial charge in [0, 0.05) is 22.4 Å². The lowest BCUT2D eigenvalue weighted by Crippen LogP contribution is -2.34. The molecule has 3 unspecified atom stereocenters. The van der Waals surface area contributed by atoms with Crippen LogP contribution in [-0.2, 0) is 5.41 Å². The average molecular weight is 458 g/mol. The van der Waals surface area contributed by atoms with Gasteiger partial charge in [-0.3, -0.25) is 0 Å². The molecule has 0 aromatic heterocycles. The zero-order valence-corrected chi connectivity index (χ0v) is 21.4. The Morgan fingerprint density at radius 1 is 0.886 bits per heavy atom. The van der Waals surface area contributed by atoms with Gasteiger partial charge < -0.3 is 4.90 Å². The van der Waals surface area contributed by atoms with Crippen molar-refractivity contribution in [3.8, 4) is 0 Å². The van der Waals surface area contributed by atoms with Crippen molar-refractivity contribution >= 4 is 22.5 Å². The van der Waals surface area contributed by atoms with Crippen molar-refractivity contribution in [2.75, 3.05) is 4.90 Å². The molecule has 0 bridgehead atoms. The summed E-state index contributed by atoms with van der Waals surface area (Å²) in [6.45, 7) is 9.37. The Labute approximate surface area is 210 Å². The molecule has 2 aliphatic carbocycles. The van der Waals surface area contributed by atoms with E-state index in [1.165, 1.54) is 50.3 Å². The van der Waals surface area contributed by atoms with Crippen molar-refractivity contribution in [3.63, 3.8) is 0 Å². The van der Waals surface area contributed by atoms with Crippen molar-refractivity contribution in [3.05, 3.63) is 119 Å². The molecule has 6 rings (SSSR count). The summed E-state index contributed by atoms with van der Waals surface area (Å²) in [6.07, 6.45) is 10.7. The summed E-state index contributed by atoms with van der Waals surface area (Å²) < 4.78 is 0. The van der Waals surface area contributed by atoms with Gasteiger partial charge in [-0.05, 0) is 85.1 Å². The van der Waals surface area contributed by atoms with Gasteiger partial charge in [0.2, 0.25) is 0 Å². The third-order valence-electron chi connectivity index (χ3n) is 8.72. The predicted octanol–water partition coefficient (Wildman–Crippen LogP) is 9.02. The van der Waals surface area contributed by atoms with Crippen LogP contribution >= 0.6 is 0 Å². The van der Waals surface area contributed by atoms with Crippen molar-refractivity contribution < 1.29 is 0 Å². The fourth-order valence-corrected chi connectivity index (χ4v) is 6.39. The molecule has 1 heterocycles. The summed E-state index contributed by atoms with van der Waals surface area (Å²) in [5.41, 5.74) is 12.7. The molecule has 3 aliphatic rings. The second-order valence-corrected chi connectivity index (χ2v) is 11.0. The monoisotopic (exact) mass is 457 g/mol. The molecule has 1 nitrogen and oxygen atoms in total. The molecule has 0 N–H and O–H groups in total. The van der Waals surface area contributed by atoms with Crippen LogP contribution < -0.4 is 4.90 Å². The van der Waals surface area contributed by atoms with Crippen molar-refractivity contribution in [1.29, 1.82) is 0 Å². The molecule has 3 aromatic rings. The van der Waals surface area contributed by atoms with Gasteiger partial charge in [0.1, 0.15) is 0 Å². The quantitative estimate of drug-likeness (QED) is 0.379. The smallest absolute Gasteiger partial charge is 0.0596 e. The molecular weight excluding hydrogens is 422 g/mol. The van der Waals surface area contributed by atoms with Crippen LogP contribution in [0.3, 0.4) is 0 Å². The Morgan fingerprint density at radius 3 is 2.49 bits per heavy atom. The highest BCUT2D eigenvalue weighted by atomic mass is 15.2. The minimum absolute atomic E-state index is 0.0204. The van der Waals surface area contributed by atoms with Crippen LogP contribution in [0.4, 0.5) is 11.4 Å². The second-order valence-electron chi connectivity index (χ2n) is 11.0. The van der Waals surface area contributed by atoms with Crippen molar-refractivity contribution in [1.82, 2.24) is 0 Å². The van der Waals surface area contributed by atoms with Gasteiger partial charge in [0.25, 0.3) is 0 Å². The molecule has 1 aliphatic heterocycles. The molecule has 3 atom stereocenters. The Bertz CT molecular complexity index is 1370. The van der Waals surface area contributed by atoms with Gasteiger partial charge in [0.15, 0.2) is 0 Å². The van der Waals surface area contributed by atoms with E-state index in [-0.39, 0.29) is 5.41 Å². The first kappa shape index (κ1) is 22.2. The lowest BCUT2D eigenvalue weighted by molar-refractivity contribution is 0.480. The van der Waals surface area contributed by atoms with Crippen molar-refractivity contribution in [2.24, 2.45) is 5.92 Å². The molecule has 176 valence electrons. The number of aryl methyl sites for hydroxylation is 1. The van der Waals surface area contributed by atoms with Crippen LogP contribution in [-0.4, -0.2) is 6.04 Å². The number of benzene rings is 3. The number of hydrogen-bond donors (Lipinski definition) is 0. The summed E-state index contributed by atoms with van der Waals surface area (Å²) in [4.78, 5) is 2.56. The molecule has 3 aromatic carbocycles. The Kier molecular flexibility index (Phi) is 5.33. The zero-order valence-electron chi connectivity index (χ0n) is 21.4. The molecule has 35 heavy (non-hydrogen) atoms. The van der Waals surface area contributed by atoms with Gasteiger partial charge in [-0.15, -0.1) is 0 Å². The van der Waals surface area contributed by atoms with E-state index in [0.29, 0.717) is 12.0 Å². The maximum atomic E-state index is 2.60. The highest BCUT2D eigenvalue weighted by Crippen LogP contribution is 2.52. The number of rotatable bonds is 3. The van der Waals surface area contributed by atoms with Crippen LogP contribution in [0, 0.1) is 12.8 Å². The van der Waals surface area contributed by atoms with Gasteiger partial charge in [0.05, 0.1) is 6.04 Å². The molecule has 0 spiro atoms. The lowest BCUT2D eigenvalue weighted by Gasteiger charge is -2.38. The lowest BCUT2D eigenvalue weighted by atomic mass is 9.70. The normalized spacial score (nSPS) is 25.4. The van der Waals surface area contributed by atoms with E-state index < -0.39 is 0 Å². The number of anilines is 2. The SMILES string of the molecule is CC1=C(c2cc(C3(C)C=C4c5ccccc5N(c5ccccc5)C4CC3)ccc2C)C=CCC1C. The summed E-state index contributed by atoms with van der Waals surface area (Å²) in [6, 6.07) is 27.5. The summed E-state index contributed by atoms with van der Waals surface area (Å²) in [5, 5.41) is 0. The average Bonchev–Trinajstić information content (AvgIpc) is 3.20. The first-order valence-electron chi connectivity index (χ1n) is 13.1. The van der Waals surface area contributed by atoms with Crippen LogP contribution in [0.15, 0.2) is 96.6 Å². The standard InChI is InChI=1S/C34H35N/c1-23-11-10-15-28(25(23)3)30-21-26(18-17-24(30)2)34(4)20-19-33-31(22-34)29-14-8-9-16-32(29)35(33)27-12-6-5-7-13-27/h5-10,12-18,21-23,33H,11,19-20H2,1-4H3. The van der Waals surface area contributed by atoms with E-state index in [1.807, 2.05) is 0 Å². The molecule has 0 amide bonds. The van der Waals surface area contributed by atoms with Gasteiger partial charge >= 0.3 is 0 Å². The van der Waals surface area contributed by atoms with E-state index in [9.17, 15) is 0 Å². The maximum absolute atomic E-state index is 2.60. The Hall–Kier alpha value is -3.32. The molecule has 1 heteroatoms. The van der Waals surface area contributed by atoms with E-state index in [2.05, 4.69) is 124 Å². The minimum Gasteiger partial charge on any atom is -0.333 e. The molecule has 0 fully saturated rings. The molecule has 0 saturated carbocycles. The third-order valence-corrected chi connectivity index (χ3v) is 8.72. The van der Waals surface area contributed by atoms with E-state index in [1.54, 1.807) is 0 Å². The van der Waals surface area contributed by atoms with Gasteiger partial charge in [-0.1, -0.05) is 92.2 Å². The largest absolute Gasteiger partial charge is 0.333 e. The number of nitrogens with zero attached hydrogens (tertiary/aromatic N) is 1. The first-order valence-corrected chi connectivity index (χ1v) is 13.1. The Balaban J connectivity index is 1.45. The van der Waals surface area contributed by atoms with Crippen LogP contribution in [0.1, 0.15) is 62.3 Å². The van der Waals surface area contributed by atoms with Gasteiger partial charge in [-0.2, -0.15) is 0 Å². The Morgan fingerprint density at radius 2 is 1.66 bits per heavy atom. The van der Waals surface area contributed by atoms with Crippen LogP contribution in [0.5, 0.6) is 0 Å². The number of allylic oxidation sites excluding steroid dienone is 5. The van der Waals surface area contributed by atoms with Gasteiger partial charge in [-0.25, -0.2) is 0 Å². The zero-order chi connectivity index (χ0) is 24.2. The predicted molar refractivity (Wildman–Crippen MR) is 150 cm³/mol. The number of para-hydroxylation sites is 2. The highest BCUT2D eigenvalue weighted by Gasteiger charge is 2.41. The molecular formula is C34H35N. The molecule has 0 saturated heterocycles. The van der Waals surface area contributed by atoms with E-state index in [0.717, 1.165) is 19.3 Å². The second kappa shape index (κ2) is 8.41. The fraction of sp³-hybridized carbons (Fsp3) is 0.294. The highest BCUT2D eigenvalue weighted by molar-refractivity contribution is 5.93. The van der Waals surface area contributed by atoms with E-state index >= 15 is 0 Å². The number of fused-ring (bicyclic) bond motifs is 3. The fourth-order valence-electron chi connectivity index (χ4n) is 6.39. The topological polar surface area (TPSA) is 3.24 Å². The third kappa shape index (κ3) is 3.60. The van der Waals surface area contributed by atoms with Crippen LogP contribution in [0.25, 0.3) is 11.1 Å². The maximum Gasteiger partial charge on any atom is 0.0596 e. The summed E-state index contributed by atoms with van der Waals surface area (Å²) >= 11 is 0.